The zero-order valence-corrected chi connectivity index (χ0v) is 13.9. The first-order valence-corrected chi connectivity index (χ1v) is 8.82. The Balaban J connectivity index is 1.51. The number of aryl methyl sites for hydroxylation is 1. The first kappa shape index (κ1) is 15.0. The van der Waals surface area contributed by atoms with Crippen LogP contribution in [0.3, 0.4) is 0 Å². The lowest BCUT2D eigenvalue weighted by Gasteiger charge is -2.30. The number of rotatable bonds is 4. The molecule has 0 N–H and O–H groups in total. The van der Waals surface area contributed by atoms with Crippen molar-refractivity contribution in [3.05, 3.63) is 35.1 Å². The summed E-state index contributed by atoms with van der Waals surface area (Å²) >= 11 is 1.64. The lowest BCUT2D eigenvalue weighted by atomic mass is 10.1. The molecule has 1 aliphatic heterocycles. The molecule has 3 heterocycles. The van der Waals surface area contributed by atoms with Crippen molar-refractivity contribution in [3.63, 3.8) is 0 Å². The fourth-order valence-electron chi connectivity index (χ4n) is 3.42. The van der Waals surface area contributed by atoms with Gasteiger partial charge in [0.05, 0.1) is 25.4 Å². The van der Waals surface area contributed by atoms with Crippen molar-refractivity contribution in [2.75, 3.05) is 18.1 Å². The molecule has 2 aromatic rings. The van der Waals surface area contributed by atoms with Gasteiger partial charge in [0.2, 0.25) is 5.13 Å². The highest BCUT2D eigenvalue weighted by Gasteiger charge is 2.44. The SMILES string of the molecule is Cc1nnc(N2CCO[C@H]3CC[C@H]2[C@@H]3OCc2cccnc2)s1. The van der Waals surface area contributed by atoms with Crippen molar-refractivity contribution in [3.8, 4) is 0 Å². The summed E-state index contributed by atoms with van der Waals surface area (Å²) in [5.41, 5.74) is 1.09. The average molecular weight is 332 g/mol. The van der Waals surface area contributed by atoms with Crippen LogP contribution in [0.5, 0.6) is 0 Å². The van der Waals surface area contributed by atoms with E-state index in [2.05, 4.69) is 20.1 Å². The summed E-state index contributed by atoms with van der Waals surface area (Å²) in [6, 6.07) is 4.29. The number of anilines is 1. The van der Waals surface area contributed by atoms with Gasteiger partial charge in [0.1, 0.15) is 11.1 Å². The van der Waals surface area contributed by atoms with Crippen molar-refractivity contribution in [1.29, 1.82) is 0 Å². The second kappa shape index (κ2) is 6.51. The van der Waals surface area contributed by atoms with Crippen LogP contribution >= 0.6 is 11.3 Å². The number of nitrogens with zero attached hydrogens (tertiary/aromatic N) is 4. The average Bonchev–Trinajstić information content (AvgIpc) is 3.10. The molecule has 1 saturated heterocycles. The van der Waals surface area contributed by atoms with Gasteiger partial charge >= 0.3 is 0 Å². The topological polar surface area (TPSA) is 60.4 Å². The van der Waals surface area contributed by atoms with Crippen molar-refractivity contribution in [2.24, 2.45) is 0 Å². The number of pyridine rings is 1. The molecule has 0 spiro atoms. The monoisotopic (exact) mass is 332 g/mol. The summed E-state index contributed by atoms with van der Waals surface area (Å²) in [5.74, 6) is 0. The van der Waals surface area contributed by atoms with Crippen LogP contribution in [-0.2, 0) is 16.1 Å². The highest BCUT2D eigenvalue weighted by Crippen LogP contribution is 2.36. The summed E-state index contributed by atoms with van der Waals surface area (Å²) in [5, 5.41) is 10.5. The summed E-state index contributed by atoms with van der Waals surface area (Å²) in [6.45, 7) is 4.12. The molecule has 1 aliphatic carbocycles. The van der Waals surface area contributed by atoms with E-state index in [1.54, 1.807) is 17.5 Å². The Morgan fingerprint density at radius 1 is 1.39 bits per heavy atom. The molecule has 6 nitrogen and oxygen atoms in total. The van der Waals surface area contributed by atoms with Crippen molar-refractivity contribution in [1.82, 2.24) is 15.2 Å². The number of hydrogen-bond acceptors (Lipinski definition) is 7. The quantitative estimate of drug-likeness (QED) is 0.855. The molecule has 0 radical (unpaired) electrons. The predicted octanol–water partition coefficient (Wildman–Crippen LogP) is 2.19. The van der Waals surface area contributed by atoms with E-state index in [0.717, 1.165) is 35.1 Å². The lowest BCUT2D eigenvalue weighted by molar-refractivity contribution is -0.0555. The Bertz CT molecular complexity index is 651. The van der Waals surface area contributed by atoms with E-state index in [9.17, 15) is 0 Å². The highest BCUT2D eigenvalue weighted by atomic mass is 32.1. The highest BCUT2D eigenvalue weighted by molar-refractivity contribution is 7.15. The van der Waals surface area contributed by atoms with Gasteiger partial charge in [0, 0.05) is 18.9 Å². The molecule has 2 aromatic heterocycles. The maximum absolute atomic E-state index is 6.24. The number of hydrogen-bond donors (Lipinski definition) is 0. The molecule has 0 amide bonds. The maximum atomic E-state index is 6.24. The Hall–Kier alpha value is -1.57. The first-order valence-electron chi connectivity index (χ1n) is 8.00. The number of aromatic nitrogens is 3. The van der Waals surface area contributed by atoms with E-state index >= 15 is 0 Å². The first-order chi connectivity index (χ1) is 11.3. The fourth-order valence-corrected chi connectivity index (χ4v) is 4.20. The minimum Gasteiger partial charge on any atom is -0.374 e. The third-order valence-corrected chi connectivity index (χ3v) is 5.36. The molecule has 0 unspecified atom stereocenters. The van der Waals surface area contributed by atoms with Gasteiger partial charge in [-0.1, -0.05) is 17.4 Å². The summed E-state index contributed by atoms with van der Waals surface area (Å²) in [6.07, 6.45) is 5.99. The van der Waals surface area contributed by atoms with E-state index in [1.165, 1.54) is 0 Å². The normalized spacial score (nSPS) is 27.2. The third kappa shape index (κ3) is 3.08. The van der Waals surface area contributed by atoms with Crippen LogP contribution in [-0.4, -0.2) is 46.6 Å². The van der Waals surface area contributed by atoms with Gasteiger partial charge in [-0.05, 0) is 31.4 Å². The predicted molar refractivity (Wildman–Crippen MR) is 87.6 cm³/mol. The molecule has 2 fully saturated rings. The zero-order chi connectivity index (χ0) is 15.6. The van der Waals surface area contributed by atoms with Crippen LogP contribution in [0.15, 0.2) is 24.5 Å². The molecular weight excluding hydrogens is 312 g/mol. The van der Waals surface area contributed by atoms with Crippen LogP contribution in [0.25, 0.3) is 0 Å². The van der Waals surface area contributed by atoms with Crippen molar-refractivity contribution >= 4 is 16.5 Å². The second-order valence-corrected chi connectivity index (χ2v) is 7.15. The fraction of sp³-hybridized carbons (Fsp3) is 0.562. The molecule has 0 aromatic carbocycles. The smallest absolute Gasteiger partial charge is 0.208 e. The molecule has 4 rings (SSSR count). The van der Waals surface area contributed by atoms with Crippen LogP contribution in [0.4, 0.5) is 5.13 Å². The lowest BCUT2D eigenvalue weighted by Crippen LogP contribution is -2.43. The molecular formula is C16H20N4O2S. The molecule has 7 heteroatoms. The number of fused-ring (bicyclic) bond motifs is 2. The van der Waals surface area contributed by atoms with Gasteiger partial charge in [-0.25, -0.2) is 0 Å². The van der Waals surface area contributed by atoms with Crippen molar-refractivity contribution in [2.45, 2.75) is 44.6 Å². The Kier molecular flexibility index (Phi) is 4.24. The molecule has 3 atom stereocenters. The third-order valence-electron chi connectivity index (χ3n) is 4.48. The van der Waals surface area contributed by atoms with Crippen LogP contribution in [0.1, 0.15) is 23.4 Å². The molecule has 23 heavy (non-hydrogen) atoms. The Labute approximate surface area is 139 Å². The molecule has 2 aliphatic rings. The van der Waals surface area contributed by atoms with Gasteiger partial charge in [0.25, 0.3) is 0 Å². The molecule has 122 valence electrons. The van der Waals surface area contributed by atoms with Gasteiger partial charge in [-0.15, -0.1) is 10.2 Å². The van der Waals surface area contributed by atoms with Crippen molar-refractivity contribution < 1.29 is 9.47 Å². The van der Waals surface area contributed by atoms with E-state index < -0.39 is 0 Å². The zero-order valence-electron chi connectivity index (χ0n) is 13.1. The summed E-state index contributed by atoms with van der Waals surface area (Å²) in [4.78, 5) is 6.47. The second-order valence-electron chi connectivity index (χ2n) is 5.99. The van der Waals surface area contributed by atoms with E-state index in [4.69, 9.17) is 9.47 Å². The standard InChI is InChI=1S/C16H20N4O2S/c1-11-18-19-16(23-11)20-7-8-21-14-5-4-13(20)15(14)22-10-12-3-2-6-17-9-12/h2-3,6,9,13-15H,4-5,7-8,10H2,1H3/t13-,14-,15-/m0/s1. The van der Waals surface area contributed by atoms with E-state index in [1.807, 2.05) is 25.3 Å². The van der Waals surface area contributed by atoms with Gasteiger partial charge in [-0.3, -0.25) is 4.98 Å². The minimum absolute atomic E-state index is 0.0712. The largest absolute Gasteiger partial charge is 0.374 e. The van der Waals surface area contributed by atoms with Gasteiger partial charge < -0.3 is 14.4 Å². The Morgan fingerprint density at radius 2 is 2.35 bits per heavy atom. The van der Waals surface area contributed by atoms with Crippen LogP contribution in [0, 0.1) is 6.92 Å². The minimum atomic E-state index is 0.0712. The van der Waals surface area contributed by atoms with Crippen LogP contribution in [0.2, 0.25) is 0 Å². The summed E-state index contributed by atoms with van der Waals surface area (Å²) in [7, 11) is 0. The maximum Gasteiger partial charge on any atom is 0.208 e. The number of ether oxygens (including phenoxy) is 2. The molecule has 1 saturated carbocycles. The summed E-state index contributed by atoms with van der Waals surface area (Å²) < 4.78 is 12.3. The Morgan fingerprint density at radius 3 is 3.13 bits per heavy atom. The van der Waals surface area contributed by atoms with Gasteiger partial charge in [-0.2, -0.15) is 0 Å². The van der Waals surface area contributed by atoms with E-state index in [0.29, 0.717) is 19.3 Å². The van der Waals surface area contributed by atoms with Crippen LogP contribution < -0.4 is 4.90 Å². The molecule has 2 bridgehead atoms. The van der Waals surface area contributed by atoms with Gasteiger partial charge in [0.15, 0.2) is 0 Å². The van der Waals surface area contributed by atoms with E-state index in [-0.39, 0.29) is 12.2 Å².